The molecular weight excluding hydrogens is 400 g/mol. The minimum absolute atomic E-state index is 0.00445. The average Bonchev–Trinajstić information content (AvgIpc) is 3.50. The minimum Gasteiger partial charge on any atom is -0.486 e. The van der Waals surface area contributed by atoms with Gasteiger partial charge >= 0.3 is 0 Å². The molecule has 3 aliphatic rings. The van der Waals surface area contributed by atoms with Crippen LogP contribution in [0.1, 0.15) is 47.0 Å². The number of carbonyl (C=O) groups excluding carboxylic acids is 2. The fraction of sp³-hybridized carbons (Fsp3) is 0.478. The van der Waals surface area contributed by atoms with Crippen molar-refractivity contribution in [3.05, 3.63) is 46.2 Å². The number of benzene rings is 1. The summed E-state index contributed by atoms with van der Waals surface area (Å²) in [4.78, 5) is 30.6. The monoisotopic (exact) mass is 426 g/mol. The molecule has 0 radical (unpaired) electrons. The summed E-state index contributed by atoms with van der Waals surface area (Å²) in [6.45, 7) is 3.23. The summed E-state index contributed by atoms with van der Waals surface area (Å²) in [5.74, 6) is 1.87. The van der Waals surface area contributed by atoms with Gasteiger partial charge in [-0.3, -0.25) is 9.59 Å². The van der Waals surface area contributed by atoms with Crippen molar-refractivity contribution in [3.63, 3.8) is 0 Å². The van der Waals surface area contributed by atoms with Crippen molar-refractivity contribution in [2.24, 2.45) is 5.92 Å². The Morgan fingerprint density at radius 3 is 2.53 bits per heavy atom. The van der Waals surface area contributed by atoms with E-state index in [4.69, 9.17) is 9.47 Å². The van der Waals surface area contributed by atoms with Crippen LogP contribution >= 0.6 is 11.3 Å². The fourth-order valence-corrected chi connectivity index (χ4v) is 5.46. The molecule has 2 amide bonds. The Hall–Kier alpha value is -2.54. The number of amides is 2. The van der Waals surface area contributed by atoms with Crippen LogP contribution in [0.15, 0.2) is 35.7 Å². The zero-order valence-corrected chi connectivity index (χ0v) is 17.7. The first kappa shape index (κ1) is 19.4. The van der Waals surface area contributed by atoms with E-state index in [0.29, 0.717) is 26.3 Å². The number of rotatable bonds is 3. The normalized spacial score (nSPS) is 21.7. The Morgan fingerprint density at radius 1 is 0.967 bits per heavy atom. The van der Waals surface area contributed by atoms with Crippen molar-refractivity contribution in [3.8, 4) is 11.5 Å². The number of nitrogens with zero attached hydrogens (tertiary/aromatic N) is 2. The maximum Gasteiger partial charge on any atom is 0.263 e. The summed E-state index contributed by atoms with van der Waals surface area (Å²) >= 11 is 1.47. The predicted molar refractivity (Wildman–Crippen MR) is 114 cm³/mol. The maximum atomic E-state index is 13.3. The second-order valence-corrected chi connectivity index (χ2v) is 9.08. The maximum absolute atomic E-state index is 13.3. The van der Waals surface area contributed by atoms with Crippen molar-refractivity contribution in [2.45, 2.75) is 31.7 Å². The first-order valence-corrected chi connectivity index (χ1v) is 11.6. The molecule has 2 saturated heterocycles. The van der Waals surface area contributed by atoms with Crippen LogP contribution < -0.4 is 9.47 Å². The van der Waals surface area contributed by atoms with Gasteiger partial charge in [-0.05, 0) is 54.8 Å². The summed E-state index contributed by atoms with van der Waals surface area (Å²) in [6, 6.07) is 9.92. The molecule has 2 fully saturated rings. The number of carbonyl (C=O) groups is 2. The van der Waals surface area contributed by atoms with Gasteiger partial charge in [0.05, 0.1) is 10.9 Å². The summed E-state index contributed by atoms with van der Waals surface area (Å²) in [7, 11) is 0. The van der Waals surface area contributed by atoms with Crippen LogP contribution in [0.2, 0.25) is 0 Å². The van der Waals surface area contributed by atoms with Crippen molar-refractivity contribution >= 4 is 23.2 Å². The topological polar surface area (TPSA) is 59.1 Å². The predicted octanol–water partition coefficient (Wildman–Crippen LogP) is 3.74. The third-order valence-corrected chi connectivity index (χ3v) is 7.21. The molecule has 0 spiro atoms. The lowest BCUT2D eigenvalue weighted by molar-refractivity contribution is -0.137. The first-order valence-electron chi connectivity index (χ1n) is 10.7. The van der Waals surface area contributed by atoms with Gasteiger partial charge in [-0.25, -0.2) is 0 Å². The molecule has 4 heterocycles. The highest BCUT2D eigenvalue weighted by Gasteiger charge is 2.36. The van der Waals surface area contributed by atoms with Gasteiger partial charge in [0, 0.05) is 25.6 Å². The van der Waals surface area contributed by atoms with Crippen LogP contribution in [0.5, 0.6) is 11.5 Å². The zero-order valence-electron chi connectivity index (χ0n) is 16.9. The van der Waals surface area contributed by atoms with Crippen molar-refractivity contribution in [1.29, 1.82) is 0 Å². The van der Waals surface area contributed by atoms with Crippen LogP contribution in [0, 0.1) is 5.92 Å². The molecule has 1 atom stereocenters. The molecule has 0 bridgehead atoms. The van der Waals surface area contributed by atoms with E-state index in [-0.39, 0.29) is 23.8 Å². The molecular formula is C23H26N2O4S. The van der Waals surface area contributed by atoms with Crippen molar-refractivity contribution < 1.29 is 19.1 Å². The third-order valence-electron chi connectivity index (χ3n) is 6.35. The number of likely N-dealkylation sites (tertiary alicyclic amines) is 2. The van der Waals surface area contributed by atoms with Crippen LogP contribution in [-0.4, -0.2) is 54.5 Å². The summed E-state index contributed by atoms with van der Waals surface area (Å²) in [5, 5.41) is 1.93. The van der Waals surface area contributed by atoms with Gasteiger partial charge in [0.25, 0.3) is 5.91 Å². The molecule has 7 heteroatoms. The van der Waals surface area contributed by atoms with E-state index in [9.17, 15) is 9.59 Å². The molecule has 1 aromatic carbocycles. The van der Waals surface area contributed by atoms with Crippen LogP contribution in [0.4, 0.5) is 0 Å². The molecule has 5 rings (SSSR count). The highest BCUT2D eigenvalue weighted by atomic mass is 32.1. The van der Waals surface area contributed by atoms with Gasteiger partial charge < -0.3 is 19.3 Å². The summed E-state index contributed by atoms with van der Waals surface area (Å²) < 4.78 is 11.4. The SMILES string of the molecule is O=C(c1cccs1)N1CCC(C(=O)N2CCC[C@@H]2c2ccc3c(c2)OCCO3)CC1. The van der Waals surface area contributed by atoms with E-state index in [0.717, 1.165) is 54.2 Å². The highest BCUT2D eigenvalue weighted by Crippen LogP contribution is 2.39. The molecule has 0 unspecified atom stereocenters. The first-order chi connectivity index (χ1) is 14.7. The second-order valence-electron chi connectivity index (χ2n) is 8.14. The highest BCUT2D eigenvalue weighted by molar-refractivity contribution is 7.12. The number of fused-ring (bicyclic) bond motifs is 1. The van der Waals surface area contributed by atoms with Crippen molar-refractivity contribution in [1.82, 2.24) is 9.80 Å². The molecule has 0 saturated carbocycles. The van der Waals surface area contributed by atoms with Gasteiger partial charge in [0.2, 0.25) is 5.91 Å². The van der Waals surface area contributed by atoms with E-state index >= 15 is 0 Å². The zero-order chi connectivity index (χ0) is 20.5. The van der Waals surface area contributed by atoms with E-state index in [1.165, 1.54) is 11.3 Å². The van der Waals surface area contributed by atoms with Gasteiger partial charge in [-0.1, -0.05) is 12.1 Å². The Labute approximate surface area is 180 Å². The van der Waals surface area contributed by atoms with Gasteiger partial charge in [0.1, 0.15) is 13.2 Å². The lowest BCUT2D eigenvalue weighted by atomic mass is 9.94. The van der Waals surface area contributed by atoms with Gasteiger partial charge in [-0.15, -0.1) is 11.3 Å². The number of hydrogen-bond acceptors (Lipinski definition) is 5. The van der Waals surface area contributed by atoms with E-state index < -0.39 is 0 Å². The Morgan fingerprint density at radius 2 is 1.77 bits per heavy atom. The average molecular weight is 427 g/mol. The molecule has 6 nitrogen and oxygen atoms in total. The van der Waals surface area contributed by atoms with Crippen molar-refractivity contribution in [2.75, 3.05) is 32.8 Å². The summed E-state index contributed by atoms with van der Waals surface area (Å²) in [6.07, 6.45) is 3.46. The molecule has 158 valence electrons. The molecule has 0 aliphatic carbocycles. The van der Waals surface area contributed by atoms with Gasteiger partial charge in [0.15, 0.2) is 11.5 Å². The van der Waals surface area contributed by atoms with Crippen LogP contribution in [-0.2, 0) is 4.79 Å². The quantitative estimate of drug-likeness (QED) is 0.750. The number of piperidine rings is 1. The molecule has 3 aliphatic heterocycles. The van der Waals surface area contributed by atoms with Crippen LogP contribution in [0.3, 0.4) is 0 Å². The minimum atomic E-state index is -0.00445. The second kappa shape index (κ2) is 8.30. The molecule has 2 aromatic rings. The molecule has 0 N–H and O–H groups in total. The van der Waals surface area contributed by atoms with E-state index in [1.54, 1.807) is 0 Å². The lowest BCUT2D eigenvalue weighted by Gasteiger charge is -2.35. The Balaban J connectivity index is 1.24. The molecule has 1 aromatic heterocycles. The largest absolute Gasteiger partial charge is 0.486 e. The Bertz CT molecular complexity index is 921. The smallest absolute Gasteiger partial charge is 0.263 e. The fourth-order valence-electron chi connectivity index (χ4n) is 4.76. The lowest BCUT2D eigenvalue weighted by Crippen LogP contribution is -2.44. The van der Waals surface area contributed by atoms with Crippen LogP contribution in [0.25, 0.3) is 0 Å². The van der Waals surface area contributed by atoms with E-state index in [2.05, 4.69) is 6.07 Å². The standard InChI is InChI=1S/C23H26N2O4S/c26-22(16-7-10-24(11-8-16)23(27)21-4-2-14-30-21)25-9-1-3-18(25)17-5-6-19-20(15-17)29-13-12-28-19/h2,4-6,14-16,18H,1,3,7-13H2/t18-/m1/s1. The Kier molecular flexibility index (Phi) is 5.37. The number of ether oxygens (including phenoxy) is 2. The molecule has 30 heavy (non-hydrogen) atoms. The van der Waals surface area contributed by atoms with E-state index in [1.807, 2.05) is 39.4 Å². The summed E-state index contributed by atoms with van der Waals surface area (Å²) in [5.41, 5.74) is 1.12. The third kappa shape index (κ3) is 3.67. The number of thiophene rings is 1. The number of hydrogen-bond donors (Lipinski definition) is 0. The van der Waals surface area contributed by atoms with Gasteiger partial charge in [-0.2, -0.15) is 0 Å².